The zero-order chi connectivity index (χ0) is 16.2. The number of pyridine rings is 1. The Balaban J connectivity index is 1.89. The van der Waals surface area contributed by atoms with Crippen molar-refractivity contribution < 1.29 is 4.79 Å². The van der Waals surface area contributed by atoms with E-state index >= 15 is 0 Å². The third kappa shape index (κ3) is 3.65. The predicted molar refractivity (Wildman–Crippen MR) is 94.0 cm³/mol. The second-order valence-electron chi connectivity index (χ2n) is 6.01. The van der Waals surface area contributed by atoms with Gasteiger partial charge in [0.1, 0.15) is 5.69 Å². The van der Waals surface area contributed by atoms with Crippen LogP contribution < -0.4 is 5.32 Å². The molecule has 1 aromatic carbocycles. The number of benzene rings is 1. The quantitative estimate of drug-likeness (QED) is 0.932. The van der Waals surface area contributed by atoms with Crippen LogP contribution in [0.4, 0.5) is 0 Å². The van der Waals surface area contributed by atoms with Crippen molar-refractivity contribution in [3.63, 3.8) is 0 Å². The Labute approximate surface area is 141 Å². The van der Waals surface area contributed by atoms with E-state index in [4.69, 9.17) is 11.6 Å². The number of rotatable bonds is 4. The minimum absolute atomic E-state index is 0.0284. The van der Waals surface area contributed by atoms with Crippen LogP contribution in [0.1, 0.15) is 36.7 Å². The smallest absolute Gasteiger partial charge is 0.272 e. The van der Waals surface area contributed by atoms with Gasteiger partial charge in [-0.25, -0.2) is 4.98 Å². The van der Waals surface area contributed by atoms with Crippen molar-refractivity contribution >= 4 is 28.4 Å². The van der Waals surface area contributed by atoms with Crippen molar-refractivity contribution in [1.29, 1.82) is 0 Å². The van der Waals surface area contributed by atoms with Gasteiger partial charge in [0.25, 0.3) is 5.91 Å². The van der Waals surface area contributed by atoms with Gasteiger partial charge in [0.2, 0.25) is 0 Å². The molecule has 0 spiro atoms. The Bertz CT molecular complexity index is 698. The lowest BCUT2D eigenvalue weighted by atomic mass is 10.0. The molecule has 3 rings (SSSR count). The third-order valence-electron chi connectivity index (χ3n) is 4.35. The molecule has 0 atom stereocenters. The summed E-state index contributed by atoms with van der Waals surface area (Å²) in [5, 5.41) is 4.99. The molecular formula is C18H22ClN3O. The van der Waals surface area contributed by atoms with E-state index in [0.29, 0.717) is 16.8 Å². The summed E-state index contributed by atoms with van der Waals surface area (Å²) < 4.78 is 0. The van der Waals surface area contributed by atoms with Crippen molar-refractivity contribution in [3.8, 4) is 0 Å². The lowest BCUT2D eigenvalue weighted by molar-refractivity contribution is 0.0637. The van der Waals surface area contributed by atoms with Crippen LogP contribution >= 0.6 is 11.6 Å². The average molecular weight is 332 g/mol. The first kappa shape index (κ1) is 16.2. The highest BCUT2D eigenvalue weighted by atomic mass is 35.5. The number of halogens is 1. The summed E-state index contributed by atoms with van der Waals surface area (Å²) in [6, 6.07) is 9.64. The molecule has 0 saturated carbocycles. The number of aromatic nitrogens is 1. The summed E-state index contributed by atoms with van der Waals surface area (Å²) in [5.74, 6) is 0.0284. The fourth-order valence-corrected chi connectivity index (χ4v) is 3.33. The van der Waals surface area contributed by atoms with Gasteiger partial charge in [0.05, 0.1) is 5.52 Å². The standard InChI is InChI=1S/C18H22ClN3O/c1-2-11-22(15-7-9-20-10-8-15)18(23)16-6-4-13-3-5-14(19)12-17(13)21-16/h3-6,12,15,20H,2,7-11H2,1H3. The topological polar surface area (TPSA) is 45.2 Å². The summed E-state index contributed by atoms with van der Waals surface area (Å²) in [4.78, 5) is 19.5. The summed E-state index contributed by atoms with van der Waals surface area (Å²) in [7, 11) is 0. The Kier molecular flexibility index (Phi) is 5.13. The molecule has 122 valence electrons. The summed E-state index contributed by atoms with van der Waals surface area (Å²) in [5.41, 5.74) is 1.27. The molecule has 0 unspecified atom stereocenters. The van der Waals surface area contributed by atoms with Gasteiger partial charge >= 0.3 is 0 Å². The molecule has 2 heterocycles. The maximum absolute atomic E-state index is 13.0. The molecule has 23 heavy (non-hydrogen) atoms. The second-order valence-corrected chi connectivity index (χ2v) is 6.45. The molecule has 4 nitrogen and oxygen atoms in total. The number of fused-ring (bicyclic) bond motifs is 1. The Morgan fingerprint density at radius 3 is 2.78 bits per heavy atom. The van der Waals surface area contributed by atoms with Crippen LogP contribution in [0.2, 0.25) is 5.02 Å². The zero-order valence-electron chi connectivity index (χ0n) is 13.4. The Morgan fingerprint density at radius 2 is 2.04 bits per heavy atom. The maximum Gasteiger partial charge on any atom is 0.272 e. The highest BCUT2D eigenvalue weighted by molar-refractivity contribution is 6.31. The minimum atomic E-state index is 0.0284. The third-order valence-corrected chi connectivity index (χ3v) is 4.58. The van der Waals surface area contributed by atoms with Crippen LogP contribution in [-0.4, -0.2) is 41.5 Å². The first-order chi connectivity index (χ1) is 11.2. The SMILES string of the molecule is CCCN(C(=O)c1ccc2ccc(Cl)cc2n1)C1CCNCC1. The molecule has 1 amide bonds. The van der Waals surface area contributed by atoms with Crippen molar-refractivity contribution in [3.05, 3.63) is 41.0 Å². The zero-order valence-corrected chi connectivity index (χ0v) is 14.1. The number of hydrogen-bond acceptors (Lipinski definition) is 3. The summed E-state index contributed by atoms with van der Waals surface area (Å²) >= 11 is 6.04. The highest BCUT2D eigenvalue weighted by Crippen LogP contribution is 2.20. The van der Waals surface area contributed by atoms with Gasteiger partial charge in [-0.1, -0.05) is 30.7 Å². The van der Waals surface area contributed by atoms with Gasteiger partial charge < -0.3 is 10.2 Å². The fraction of sp³-hybridized carbons (Fsp3) is 0.444. The van der Waals surface area contributed by atoms with E-state index in [1.165, 1.54) is 0 Å². The molecule has 5 heteroatoms. The second kappa shape index (κ2) is 7.28. The van der Waals surface area contributed by atoms with E-state index in [9.17, 15) is 4.79 Å². The van der Waals surface area contributed by atoms with Crippen LogP contribution in [0.15, 0.2) is 30.3 Å². The first-order valence-corrected chi connectivity index (χ1v) is 8.65. The van der Waals surface area contributed by atoms with E-state index < -0.39 is 0 Å². The van der Waals surface area contributed by atoms with E-state index in [1.54, 1.807) is 0 Å². The van der Waals surface area contributed by atoms with Crippen LogP contribution in [0.3, 0.4) is 0 Å². The number of nitrogens with zero attached hydrogens (tertiary/aromatic N) is 2. The van der Waals surface area contributed by atoms with Gasteiger partial charge in [-0.2, -0.15) is 0 Å². The molecule has 1 fully saturated rings. The van der Waals surface area contributed by atoms with Crippen molar-refractivity contribution in [1.82, 2.24) is 15.2 Å². The number of carbonyl (C=O) groups excluding carboxylic acids is 1. The average Bonchev–Trinajstić information content (AvgIpc) is 2.59. The van der Waals surface area contributed by atoms with E-state index in [0.717, 1.165) is 49.8 Å². The Morgan fingerprint density at radius 1 is 1.30 bits per heavy atom. The Hall–Kier alpha value is -1.65. The molecule has 1 saturated heterocycles. The molecule has 2 aromatic rings. The van der Waals surface area contributed by atoms with Gasteiger partial charge in [0.15, 0.2) is 0 Å². The van der Waals surface area contributed by atoms with Crippen molar-refractivity contribution in [2.75, 3.05) is 19.6 Å². The largest absolute Gasteiger partial charge is 0.334 e. The number of carbonyl (C=O) groups is 1. The molecular weight excluding hydrogens is 310 g/mol. The van der Waals surface area contributed by atoms with E-state index in [-0.39, 0.29) is 5.91 Å². The monoisotopic (exact) mass is 331 g/mol. The van der Waals surface area contributed by atoms with Crippen molar-refractivity contribution in [2.24, 2.45) is 0 Å². The predicted octanol–water partition coefficient (Wildman–Crippen LogP) is 3.49. The lowest BCUT2D eigenvalue weighted by Crippen LogP contribution is -2.46. The van der Waals surface area contributed by atoms with Gasteiger partial charge in [-0.3, -0.25) is 4.79 Å². The minimum Gasteiger partial charge on any atom is -0.334 e. The van der Waals surface area contributed by atoms with Crippen LogP contribution in [0.25, 0.3) is 10.9 Å². The van der Waals surface area contributed by atoms with Gasteiger partial charge in [0, 0.05) is 23.0 Å². The molecule has 0 bridgehead atoms. The van der Waals surface area contributed by atoms with Gasteiger partial charge in [-0.05, 0) is 50.6 Å². The van der Waals surface area contributed by atoms with Crippen molar-refractivity contribution in [2.45, 2.75) is 32.2 Å². The molecule has 1 aromatic heterocycles. The highest BCUT2D eigenvalue weighted by Gasteiger charge is 2.26. The number of amides is 1. The van der Waals surface area contributed by atoms with E-state index in [2.05, 4.69) is 17.2 Å². The normalized spacial score (nSPS) is 15.7. The number of piperidine rings is 1. The first-order valence-electron chi connectivity index (χ1n) is 8.27. The van der Waals surface area contributed by atoms with Crippen LogP contribution in [-0.2, 0) is 0 Å². The summed E-state index contributed by atoms with van der Waals surface area (Å²) in [6.45, 7) is 4.82. The summed E-state index contributed by atoms with van der Waals surface area (Å²) in [6.07, 6.45) is 2.96. The maximum atomic E-state index is 13.0. The van der Waals surface area contributed by atoms with Gasteiger partial charge in [-0.15, -0.1) is 0 Å². The molecule has 1 aliphatic heterocycles. The molecule has 0 aliphatic carbocycles. The van der Waals surface area contributed by atoms with E-state index in [1.807, 2.05) is 35.2 Å². The molecule has 0 radical (unpaired) electrons. The number of hydrogen-bond donors (Lipinski definition) is 1. The molecule has 1 N–H and O–H groups in total. The molecule has 1 aliphatic rings. The van der Waals surface area contributed by atoms with Crippen LogP contribution in [0.5, 0.6) is 0 Å². The fourth-order valence-electron chi connectivity index (χ4n) is 3.17. The van der Waals surface area contributed by atoms with Crippen LogP contribution in [0, 0.1) is 0 Å². The lowest BCUT2D eigenvalue weighted by Gasteiger charge is -2.34. The number of nitrogens with one attached hydrogen (secondary N) is 1.